The Balaban J connectivity index is 2.85. The third-order valence-corrected chi connectivity index (χ3v) is 3.36. The van der Waals surface area contributed by atoms with E-state index in [1.54, 1.807) is 20.8 Å². The zero-order valence-electron chi connectivity index (χ0n) is 14.8. The van der Waals surface area contributed by atoms with Gasteiger partial charge in [-0.1, -0.05) is 32.9 Å². The molecule has 0 spiro atoms. The zero-order chi connectivity index (χ0) is 21.0. The lowest BCUT2D eigenvalue weighted by Gasteiger charge is -2.22. The molecule has 1 amide bonds. The molecule has 152 valence electrons. The van der Waals surface area contributed by atoms with Crippen molar-refractivity contribution in [3.8, 4) is 0 Å². The molecule has 0 saturated heterocycles. The van der Waals surface area contributed by atoms with Crippen molar-refractivity contribution in [2.45, 2.75) is 45.6 Å². The molecule has 1 N–H and O–H groups in total. The van der Waals surface area contributed by atoms with Gasteiger partial charge in [0.1, 0.15) is 0 Å². The Morgan fingerprint density at radius 1 is 1.07 bits per heavy atom. The molecule has 10 heteroatoms. The van der Waals surface area contributed by atoms with Crippen molar-refractivity contribution < 1.29 is 40.7 Å². The molecule has 0 saturated carbocycles. The number of alkyl halides is 6. The number of benzene rings is 1. The number of ether oxygens (including phenoxy) is 1. The number of esters is 1. The van der Waals surface area contributed by atoms with Gasteiger partial charge in [0.05, 0.1) is 12.0 Å². The molecule has 1 aromatic carbocycles. The highest BCUT2D eigenvalue weighted by atomic mass is 19.4. The highest BCUT2D eigenvalue weighted by Crippen LogP contribution is 2.38. The van der Waals surface area contributed by atoms with E-state index in [0.717, 1.165) is 12.1 Å². The van der Waals surface area contributed by atoms with Crippen LogP contribution in [0.15, 0.2) is 24.3 Å². The van der Waals surface area contributed by atoms with Gasteiger partial charge < -0.3 is 10.1 Å². The second kappa shape index (κ2) is 8.18. The molecular formula is C17H19F6NO3. The molecular weight excluding hydrogens is 380 g/mol. The van der Waals surface area contributed by atoms with E-state index in [4.69, 9.17) is 0 Å². The molecule has 1 atom stereocenters. The number of amides is 1. The van der Waals surface area contributed by atoms with Gasteiger partial charge in [0, 0.05) is 17.5 Å². The van der Waals surface area contributed by atoms with E-state index in [2.05, 4.69) is 10.1 Å². The average Bonchev–Trinajstić information content (AvgIpc) is 2.49. The molecule has 0 radical (unpaired) electrons. The van der Waals surface area contributed by atoms with Crippen LogP contribution in [0.2, 0.25) is 0 Å². The highest BCUT2D eigenvalue weighted by molar-refractivity contribution is 5.81. The van der Waals surface area contributed by atoms with Crippen LogP contribution in [0.25, 0.3) is 0 Å². The summed E-state index contributed by atoms with van der Waals surface area (Å²) in [6, 6.07) is 2.49. The molecule has 1 rings (SSSR count). The number of rotatable bonds is 5. The van der Waals surface area contributed by atoms with Gasteiger partial charge in [0.2, 0.25) is 12.0 Å². The van der Waals surface area contributed by atoms with Gasteiger partial charge in [-0.15, -0.1) is 0 Å². The monoisotopic (exact) mass is 399 g/mol. The van der Waals surface area contributed by atoms with Gasteiger partial charge in [0.15, 0.2) is 0 Å². The van der Waals surface area contributed by atoms with Gasteiger partial charge >= 0.3 is 18.3 Å². The molecule has 0 aliphatic rings. The first-order chi connectivity index (χ1) is 12.1. The van der Waals surface area contributed by atoms with E-state index < -0.39 is 53.3 Å². The Kier molecular flexibility index (Phi) is 6.90. The lowest BCUT2D eigenvalue weighted by atomic mass is 9.96. The van der Waals surface area contributed by atoms with Crippen LogP contribution in [0.5, 0.6) is 0 Å². The van der Waals surface area contributed by atoms with E-state index in [0.29, 0.717) is 6.07 Å². The molecule has 0 bridgehead atoms. The SMILES string of the molecule is CC(C)(C)C(=O)NCCC(=O)OC(c1cccc(C(F)(F)F)c1)C(F)(F)F. The topological polar surface area (TPSA) is 55.4 Å². The molecule has 0 fully saturated rings. The van der Waals surface area contributed by atoms with Crippen molar-refractivity contribution in [1.82, 2.24) is 5.32 Å². The average molecular weight is 399 g/mol. The predicted octanol–water partition coefficient (Wildman–Crippen LogP) is 4.40. The maximum atomic E-state index is 13.2. The van der Waals surface area contributed by atoms with Crippen molar-refractivity contribution in [2.24, 2.45) is 5.41 Å². The molecule has 0 heterocycles. The lowest BCUT2D eigenvalue weighted by Crippen LogP contribution is -2.36. The van der Waals surface area contributed by atoms with Crippen molar-refractivity contribution >= 4 is 11.9 Å². The van der Waals surface area contributed by atoms with Crippen molar-refractivity contribution in [3.63, 3.8) is 0 Å². The van der Waals surface area contributed by atoms with E-state index in [1.807, 2.05) is 0 Å². The molecule has 0 aliphatic carbocycles. The van der Waals surface area contributed by atoms with Crippen LogP contribution < -0.4 is 5.32 Å². The van der Waals surface area contributed by atoms with Crippen LogP contribution >= 0.6 is 0 Å². The summed E-state index contributed by atoms with van der Waals surface area (Å²) in [5, 5.41) is 2.36. The van der Waals surface area contributed by atoms with E-state index >= 15 is 0 Å². The summed E-state index contributed by atoms with van der Waals surface area (Å²) >= 11 is 0. The van der Waals surface area contributed by atoms with Crippen LogP contribution in [0, 0.1) is 5.41 Å². The van der Waals surface area contributed by atoms with Crippen LogP contribution in [0.3, 0.4) is 0 Å². The minimum absolute atomic E-state index is 0.262. The van der Waals surface area contributed by atoms with Crippen molar-refractivity contribution in [3.05, 3.63) is 35.4 Å². The Bertz CT molecular complexity index is 676. The summed E-state index contributed by atoms with van der Waals surface area (Å²) in [7, 11) is 0. The number of hydrogen-bond donors (Lipinski definition) is 1. The first-order valence-corrected chi connectivity index (χ1v) is 7.84. The molecule has 4 nitrogen and oxygen atoms in total. The van der Waals surface area contributed by atoms with E-state index in [-0.39, 0.29) is 12.6 Å². The summed E-state index contributed by atoms with van der Waals surface area (Å²) < 4.78 is 82.0. The highest BCUT2D eigenvalue weighted by Gasteiger charge is 2.45. The number of carbonyl (C=O) groups excluding carboxylic acids is 2. The number of halogens is 6. The maximum Gasteiger partial charge on any atom is 0.429 e. The minimum Gasteiger partial charge on any atom is -0.448 e. The summed E-state index contributed by atoms with van der Waals surface area (Å²) in [5.74, 6) is -1.72. The molecule has 27 heavy (non-hydrogen) atoms. The second-order valence-corrected chi connectivity index (χ2v) is 6.79. The van der Waals surface area contributed by atoms with Gasteiger partial charge in [-0.3, -0.25) is 9.59 Å². The van der Waals surface area contributed by atoms with Crippen LogP contribution in [0.4, 0.5) is 26.3 Å². The van der Waals surface area contributed by atoms with Crippen LogP contribution in [-0.4, -0.2) is 24.6 Å². The van der Waals surface area contributed by atoms with Gasteiger partial charge in [-0.2, -0.15) is 26.3 Å². The third kappa shape index (κ3) is 7.10. The summed E-state index contributed by atoms with van der Waals surface area (Å²) in [5.41, 5.74) is -2.89. The molecule has 1 unspecified atom stereocenters. The standard InChI is InChI=1S/C17H19F6NO3/c1-15(2,3)14(26)24-8-7-12(25)27-13(17(21,22)23)10-5-4-6-11(9-10)16(18,19)20/h4-6,9,13H,7-8H2,1-3H3,(H,24,26). The van der Waals surface area contributed by atoms with E-state index in [1.165, 1.54) is 0 Å². The minimum atomic E-state index is -5.10. The van der Waals surface area contributed by atoms with E-state index in [9.17, 15) is 35.9 Å². The third-order valence-electron chi connectivity index (χ3n) is 3.36. The van der Waals surface area contributed by atoms with Crippen LogP contribution in [-0.2, 0) is 20.5 Å². The summed E-state index contributed by atoms with van der Waals surface area (Å²) in [4.78, 5) is 23.3. The lowest BCUT2D eigenvalue weighted by molar-refractivity contribution is -0.224. The molecule has 1 aromatic rings. The quantitative estimate of drug-likeness (QED) is 0.590. The Morgan fingerprint density at radius 2 is 1.67 bits per heavy atom. The fourth-order valence-corrected chi connectivity index (χ4v) is 1.94. The van der Waals surface area contributed by atoms with Gasteiger partial charge in [-0.05, 0) is 12.1 Å². The Hall–Kier alpha value is -2.26. The molecule has 0 aliphatic heterocycles. The summed E-state index contributed by atoms with van der Waals surface area (Å²) in [6.45, 7) is 4.55. The van der Waals surface area contributed by atoms with Gasteiger partial charge in [-0.25, -0.2) is 0 Å². The summed E-state index contributed by atoms with van der Waals surface area (Å²) in [6.07, 6.45) is -13.3. The predicted molar refractivity (Wildman–Crippen MR) is 83.4 cm³/mol. The normalized spacial score (nSPS) is 13.8. The Labute approximate surface area is 151 Å². The Morgan fingerprint density at radius 3 is 2.15 bits per heavy atom. The second-order valence-electron chi connectivity index (χ2n) is 6.79. The fraction of sp³-hybridized carbons (Fsp3) is 0.529. The van der Waals surface area contributed by atoms with Crippen LogP contribution in [0.1, 0.15) is 44.4 Å². The van der Waals surface area contributed by atoms with Gasteiger partial charge in [0.25, 0.3) is 0 Å². The number of nitrogens with one attached hydrogen (secondary N) is 1. The number of hydrogen-bond acceptors (Lipinski definition) is 3. The van der Waals surface area contributed by atoms with Crippen molar-refractivity contribution in [2.75, 3.05) is 6.54 Å². The zero-order valence-corrected chi connectivity index (χ0v) is 14.8. The van der Waals surface area contributed by atoms with Crippen molar-refractivity contribution in [1.29, 1.82) is 0 Å². The first-order valence-electron chi connectivity index (χ1n) is 7.84. The number of carbonyl (C=O) groups is 2. The smallest absolute Gasteiger partial charge is 0.429 e. The molecule has 0 aromatic heterocycles. The largest absolute Gasteiger partial charge is 0.448 e. The maximum absolute atomic E-state index is 13.2. The first kappa shape index (κ1) is 22.8. The fourth-order valence-electron chi connectivity index (χ4n) is 1.94.